The number of anilines is 2. The molecule has 35 heavy (non-hydrogen) atoms. The smallest absolute Gasteiger partial charge is 0.104 e. The number of fused-ring (bicyclic) bond motifs is 3. The average Bonchev–Trinajstić information content (AvgIpc) is 3.48. The molecule has 0 saturated carbocycles. The van der Waals surface area contributed by atoms with E-state index in [1.807, 2.05) is 48.1 Å². The minimum Gasteiger partial charge on any atom is -0.657 e. The van der Waals surface area contributed by atoms with Gasteiger partial charge in [-0.2, -0.15) is 5.10 Å². The molecule has 1 aliphatic rings. The van der Waals surface area contributed by atoms with E-state index in [1.54, 1.807) is 0 Å². The number of aromatic nitrogens is 1. The zero-order valence-electron chi connectivity index (χ0n) is 20.1. The fraction of sp³-hybridized carbons (Fsp3) is 0.133. The van der Waals surface area contributed by atoms with Gasteiger partial charge in [0.05, 0.1) is 0 Å². The van der Waals surface area contributed by atoms with Crippen LogP contribution in [0, 0.1) is 12.1 Å². The molecule has 0 spiro atoms. The van der Waals surface area contributed by atoms with Crippen molar-refractivity contribution in [2.75, 3.05) is 9.91 Å². The zero-order valence-corrected chi connectivity index (χ0v) is 22.2. The molecule has 1 radical (unpaired) electrons. The number of nitrogens with zero attached hydrogens (tertiary/aromatic N) is 4. The van der Waals surface area contributed by atoms with E-state index in [4.69, 9.17) is 5.10 Å². The second-order valence-electron chi connectivity index (χ2n) is 9.32. The molecule has 0 amide bonds. The van der Waals surface area contributed by atoms with E-state index < -0.39 is 0 Å². The maximum atomic E-state index is 4.81. The van der Waals surface area contributed by atoms with Crippen molar-refractivity contribution in [3.05, 3.63) is 116 Å². The molecule has 5 aromatic rings. The number of para-hydroxylation sites is 4. The molecular formula is C30H28AuN4-2. The summed E-state index contributed by atoms with van der Waals surface area (Å²) < 4.78 is 0. The number of benzene rings is 4. The summed E-state index contributed by atoms with van der Waals surface area (Å²) in [6.07, 6.45) is 0. The second-order valence-corrected chi connectivity index (χ2v) is 9.32. The minimum atomic E-state index is -0.0319. The molecule has 0 aliphatic carbocycles. The molecule has 4 aromatic carbocycles. The summed E-state index contributed by atoms with van der Waals surface area (Å²) in [4.78, 5) is 6.67. The van der Waals surface area contributed by atoms with Crippen LogP contribution in [0.2, 0.25) is 0 Å². The van der Waals surface area contributed by atoms with Crippen molar-refractivity contribution >= 4 is 39.0 Å². The van der Waals surface area contributed by atoms with E-state index in [0.29, 0.717) is 0 Å². The van der Waals surface area contributed by atoms with Crippen LogP contribution in [0.15, 0.2) is 114 Å². The fourth-order valence-electron chi connectivity index (χ4n) is 4.06. The van der Waals surface area contributed by atoms with Crippen molar-refractivity contribution in [3.63, 3.8) is 0 Å². The molecule has 4 nitrogen and oxygen atoms in total. The van der Waals surface area contributed by atoms with Crippen molar-refractivity contribution < 1.29 is 22.4 Å². The summed E-state index contributed by atoms with van der Waals surface area (Å²) in [6.45, 7) is 8.60. The Morgan fingerprint density at radius 3 is 1.60 bits per heavy atom. The fourth-order valence-corrected chi connectivity index (χ4v) is 4.06. The molecule has 2 heterocycles. The third-order valence-electron chi connectivity index (χ3n) is 5.72. The number of amidine groups is 1. The molecule has 181 valence electrons. The van der Waals surface area contributed by atoms with Gasteiger partial charge in [-0.3, -0.25) is 0 Å². The third kappa shape index (κ3) is 5.35. The monoisotopic (exact) mass is 641 g/mol. The van der Waals surface area contributed by atoms with Crippen molar-refractivity contribution in [2.45, 2.75) is 20.8 Å². The number of hydrogen-bond donors (Lipinski definition) is 0. The van der Waals surface area contributed by atoms with Crippen LogP contribution >= 0.6 is 0 Å². The van der Waals surface area contributed by atoms with Crippen LogP contribution in [0.1, 0.15) is 20.8 Å². The Morgan fingerprint density at radius 1 is 0.629 bits per heavy atom. The molecule has 0 bridgehead atoms. The van der Waals surface area contributed by atoms with Gasteiger partial charge in [0.25, 0.3) is 0 Å². The Kier molecular flexibility index (Phi) is 7.46. The number of hydrogen-bond acceptors (Lipinski definition) is 3. The molecule has 0 atom stereocenters. The van der Waals surface area contributed by atoms with Crippen molar-refractivity contribution in [1.29, 1.82) is 0 Å². The number of rotatable bonds is 2. The van der Waals surface area contributed by atoms with E-state index in [9.17, 15) is 0 Å². The normalized spacial score (nSPS) is 13.3. The molecule has 1 aliphatic heterocycles. The summed E-state index contributed by atoms with van der Waals surface area (Å²) in [7, 11) is 0. The van der Waals surface area contributed by atoms with Crippen LogP contribution in [0.25, 0.3) is 21.8 Å². The van der Waals surface area contributed by atoms with E-state index >= 15 is 0 Å². The Balaban J connectivity index is 0.000000177. The molecule has 1 aromatic heterocycles. The van der Waals surface area contributed by atoms with Crippen LogP contribution in [0.5, 0.6) is 0 Å². The first-order valence-corrected chi connectivity index (χ1v) is 11.5. The Hall–Kier alpha value is -3.31. The van der Waals surface area contributed by atoms with Gasteiger partial charge in [-0.15, -0.1) is 17.7 Å². The van der Waals surface area contributed by atoms with Crippen molar-refractivity contribution in [3.8, 4) is 0 Å². The summed E-state index contributed by atoms with van der Waals surface area (Å²) in [5.41, 5.74) is 4.34. The SMILES string of the molecule is CC(C)(C)C1=NN(c2ccccc2)[CH-]N1c1ccccc1.[Au].c1ccc2c(c1)[n-]c1ccccc12. The molecule has 6 rings (SSSR count). The van der Waals surface area contributed by atoms with Gasteiger partial charge in [0.1, 0.15) is 5.84 Å². The van der Waals surface area contributed by atoms with Crippen LogP contribution in [-0.2, 0) is 22.4 Å². The summed E-state index contributed by atoms with van der Waals surface area (Å²) in [6, 6.07) is 37.0. The van der Waals surface area contributed by atoms with E-state index in [-0.39, 0.29) is 27.8 Å². The molecule has 0 fully saturated rings. The van der Waals surface area contributed by atoms with E-state index in [0.717, 1.165) is 28.2 Å². The van der Waals surface area contributed by atoms with Gasteiger partial charge in [0.2, 0.25) is 0 Å². The predicted octanol–water partition coefficient (Wildman–Crippen LogP) is 7.44. The standard InChI is InChI=1S/C18H20N3.C12H8N.Au/c1-18(2,3)17-19-21(16-12-8-5-9-13-16)14-20(17)15-10-6-4-7-11-15;1-3-7-11-9(5-1)10-6-2-4-8-12(10)13-11;/h4-14H,1-3H3;1-8H;/q2*-1;. The van der Waals surface area contributed by atoms with Crippen LogP contribution in [0.3, 0.4) is 0 Å². The third-order valence-corrected chi connectivity index (χ3v) is 5.72. The molecule has 0 saturated heterocycles. The first kappa shape index (κ1) is 24.8. The van der Waals surface area contributed by atoms with Crippen LogP contribution < -0.4 is 14.9 Å². The van der Waals surface area contributed by atoms with Crippen LogP contribution in [-0.4, -0.2) is 5.84 Å². The van der Waals surface area contributed by atoms with Gasteiger partial charge in [-0.1, -0.05) is 106 Å². The Morgan fingerprint density at radius 2 is 1.09 bits per heavy atom. The number of hydrazone groups is 1. The first-order chi connectivity index (χ1) is 16.5. The minimum absolute atomic E-state index is 0. The summed E-state index contributed by atoms with van der Waals surface area (Å²) in [5, 5.41) is 9.24. The van der Waals surface area contributed by atoms with Gasteiger partial charge in [-0.25, -0.2) is 0 Å². The van der Waals surface area contributed by atoms with Gasteiger partial charge in [0.15, 0.2) is 0 Å². The summed E-state index contributed by atoms with van der Waals surface area (Å²) >= 11 is 0. The maximum absolute atomic E-state index is 4.81. The van der Waals surface area contributed by atoms with E-state index in [2.05, 4.69) is 103 Å². The van der Waals surface area contributed by atoms with Crippen molar-refractivity contribution in [2.24, 2.45) is 10.5 Å². The molecule has 0 unspecified atom stereocenters. The Labute approximate surface area is 222 Å². The van der Waals surface area contributed by atoms with E-state index in [1.165, 1.54) is 10.8 Å². The van der Waals surface area contributed by atoms with Gasteiger partial charge in [-0.05, 0) is 35.0 Å². The van der Waals surface area contributed by atoms with Gasteiger partial charge in [0, 0.05) is 39.2 Å². The van der Waals surface area contributed by atoms with Crippen molar-refractivity contribution in [1.82, 2.24) is 4.98 Å². The second kappa shape index (κ2) is 10.5. The molecular weight excluding hydrogens is 613 g/mol. The molecule has 0 N–H and O–H groups in total. The maximum Gasteiger partial charge on any atom is 0.104 e. The zero-order chi connectivity index (χ0) is 23.5. The predicted molar refractivity (Wildman–Crippen MR) is 144 cm³/mol. The quantitative estimate of drug-likeness (QED) is 0.149. The topological polar surface area (TPSA) is 32.9 Å². The van der Waals surface area contributed by atoms with Crippen LogP contribution in [0.4, 0.5) is 11.4 Å². The summed E-state index contributed by atoms with van der Waals surface area (Å²) in [5.74, 6) is 1.04. The largest absolute Gasteiger partial charge is 0.657 e. The first-order valence-electron chi connectivity index (χ1n) is 11.5. The Bertz CT molecular complexity index is 1370. The van der Waals surface area contributed by atoms with Gasteiger partial charge < -0.3 is 14.9 Å². The molecule has 5 heteroatoms. The average molecular weight is 642 g/mol. The van der Waals surface area contributed by atoms with Gasteiger partial charge >= 0.3 is 0 Å².